The predicted molar refractivity (Wildman–Crippen MR) is 47.3 cm³/mol. The summed E-state index contributed by atoms with van der Waals surface area (Å²) in [4.78, 5) is 13.9. The van der Waals surface area contributed by atoms with E-state index in [-0.39, 0.29) is 11.5 Å². The van der Waals surface area contributed by atoms with E-state index in [1.54, 1.807) is 0 Å². The lowest BCUT2D eigenvalue weighted by atomic mass is 9.80. The van der Waals surface area contributed by atoms with Crippen molar-refractivity contribution in [2.24, 2.45) is 0 Å². The van der Waals surface area contributed by atoms with Crippen molar-refractivity contribution in [3.63, 3.8) is 0 Å². The van der Waals surface area contributed by atoms with Crippen molar-refractivity contribution in [2.45, 2.75) is 44.6 Å². The molecule has 72 valence electrons. The van der Waals surface area contributed by atoms with Gasteiger partial charge in [-0.2, -0.15) is 4.79 Å². The number of hydrogen-bond donors (Lipinski definition) is 1. The highest BCUT2D eigenvalue weighted by atomic mass is 16.3. The summed E-state index contributed by atoms with van der Waals surface area (Å²) in [7, 11) is 0. The second-order valence-corrected chi connectivity index (χ2v) is 3.60. The van der Waals surface area contributed by atoms with Crippen LogP contribution in [0.4, 0.5) is 0 Å². The molecule has 0 spiro atoms. The first-order valence-electron chi connectivity index (χ1n) is 4.56. The van der Waals surface area contributed by atoms with Gasteiger partial charge in [-0.15, -0.1) is 0 Å². The molecule has 1 fully saturated rings. The van der Waals surface area contributed by atoms with E-state index in [1.807, 2.05) is 0 Å². The van der Waals surface area contributed by atoms with Gasteiger partial charge in [-0.25, -0.2) is 0 Å². The van der Waals surface area contributed by atoms with Crippen molar-refractivity contribution in [1.82, 2.24) is 0 Å². The molecule has 0 aliphatic heterocycles. The zero-order valence-corrected chi connectivity index (χ0v) is 7.79. The number of carbonyl (C=O) groups excluding carboxylic acids is 1. The van der Waals surface area contributed by atoms with E-state index in [0.29, 0.717) is 12.8 Å². The molecular formula is C9H14N2O2. The highest BCUT2D eigenvalue weighted by molar-refractivity contribution is 6.39. The third-order valence-electron chi connectivity index (χ3n) is 2.55. The van der Waals surface area contributed by atoms with Crippen molar-refractivity contribution in [3.8, 4) is 0 Å². The van der Waals surface area contributed by atoms with E-state index in [1.165, 1.54) is 6.92 Å². The smallest absolute Gasteiger partial charge is 0.365 e. The van der Waals surface area contributed by atoms with Gasteiger partial charge >= 0.3 is 5.71 Å². The fourth-order valence-electron chi connectivity index (χ4n) is 1.86. The number of rotatable bonds is 2. The van der Waals surface area contributed by atoms with Crippen LogP contribution in [-0.4, -0.2) is 27.0 Å². The summed E-state index contributed by atoms with van der Waals surface area (Å²) in [5, 5.41) is 9.99. The minimum absolute atomic E-state index is 0.0906. The Hall–Kier alpha value is -0.990. The molecule has 1 aliphatic carbocycles. The Balaban J connectivity index is 2.88. The lowest BCUT2D eigenvalue weighted by Crippen LogP contribution is -2.44. The fourth-order valence-corrected chi connectivity index (χ4v) is 1.86. The number of carbonyl (C=O) groups is 1. The molecule has 0 radical (unpaired) electrons. The van der Waals surface area contributed by atoms with Gasteiger partial charge in [-0.3, -0.25) is 4.79 Å². The molecule has 0 amide bonds. The number of aliphatic hydroxyl groups is 1. The summed E-state index contributed by atoms with van der Waals surface area (Å²) in [6.45, 7) is 1.31. The van der Waals surface area contributed by atoms with Crippen LogP contribution in [0.15, 0.2) is 0 Å². The van der Waals surface area contributed by atoms with E-state index in [9.17, 15) is 9.90 Å². The van der Waals surface area contributed by atoms with Gasteiger partial charge in [-0.1, -0.05) is 6.42 Å². The highest BCUT2D eigenvalue weighted by Crippen LogP contribution is 2.28. The van der Waals surface area contributed by atoms with Crippen LogP contribution in [0.3, 0.4) is 0 Å². The van der Waals surface area contributed by atoms with Crippen LogP contribution in [0.2, 0.25) is 0 Å². The summed E-state index contributed by atoms with van der Waals surface area (Å²) < 4.78 is 0. The molecule has 0 bridgehead atoms. The van der Waals surface area contributed by atoms with Crippen LogP contribution in [-0.2, 0) is 4.79 Å². The summed E-state index contributed by atoms with van der Waals surface area (Å²) >= 11 is 0. The zero-order valence-electron chi connectivity index (χ0n) is 7.79. The van der Waals surface area contributed by atoms with Gasteiger partial charge in [0.05, 0.1) is 0 Å². The van der Waals surface area contributed by atoms with Gasteiger partial charge in [-0.05, 0) is 25.7 Å². The molecule has 1 rings (SSSR count). The fraction of sp³-hybridized carbons (Fsp3) is 0.778. The summed E-state index contributed by atoms with van der Waals surface area (Å²) in [6, 6.07) is 0. The Morgan fingerprint density at radius 1 is 1.38 bits per heavy atom. The Bertz CT molecular complexity index is 261. The van der Waals surface area contributed by atoms with Crippen LogP contribution in [0.25, 0.3) is 5.53 Å². The van der Waals surface area contributed by atoms with Crippen LogP contribution in [0, 0.1) is 0 Å². The standard InChI is InChI=1S/C9H14N2O2/c1-7(12)8(11-10)9(13)5-3-2-4-6-9/h13H,2-6H2,1H3. The molecule has 1 saturated carbocycles. The van der Waals surface area contributed by atoms with Gasteiger partial charge < -0.3 is 10.6 Å². The molecule has 0 heterocycles. The van der Waals surface area contributed by atoms with Crippen molar-refractivity contribution < 1.29 is 14.7 Å². The van der Waals surface area contributed by atoms with Crippen molar-refractivity contribution in [3.05, 3.63) is 5.53 Å². The Kier molecular flexibility index (Phi) is 2.96. The highest BCUT2D eigenvalue weighted by Gasteiger charge is 2.43. The lowest BCUT2D eigenvalue weighted by Gasteiger charge is -2.26. The topological polar surface area (TPSA) is 73.7 Å². The maximum Gasteiger partial charge on any atom is 0.365 e. The zero-order chi connectivity index (χ0) is 9.90. The number of ketones is 1. The van der Waals surface area contributed by atoms with Crippen LogP contribution in [0.5, 0.6) is 0 Å². The third-order valence-corrected chi connectivity index (χ3v) is 2.55. The van der Waals surface area contributed by atoms with Crippen molar-refractivity contribution in [2.75, 3.05) is 0 Å². The van der Waals surface area contributed by atoms with Gasteiger partial charge in [0, 0.05) is 6.92 Å². The van der Waals surface area contributed by atoms with Crippen molar-refractivity contribution in [1.29, 1.82) is 0 Å². The summed E-state index contributed by atoms with van der Waals surface area (Å²) in [5.41, 5.74) is 7.35. The Morgan fingerprint density at radius 3 is 2.31 bits per heavy atom. The number of Topliss-reactive ketones (excluding diaryl/α,β-unsaturated/α-hetero) is 1. The van der Waals surface area contributed by atoms with Gasteiger partial charge in [0.1, 0.15) is 0 Å². The summed E-state index contributed by atoms with van der Waals surface area (Å²) in [5.74, 6) is -0.355. The maximum absolute atomic E-state index is 11.0. The SMILES string of the molecule is CC(=O)C(=[N+]=[N-])C1(O)CCCCC1. The van der Waals surface area contributed by atoms with Gasteiger partial charge in [0.25, 0.3) is 0 Å². The molecule has 0 atom stereocenters. The Labute approximate surface area is 77.2 Å². The molecule has 4 heteroatoms. The molecule has 0 aromatic rings. The largest absolute Gasteiger partial charge is 0.377 e. The first kappa shape index (κ1) is 10.1. The number of nitrogens with zero attached hydrogens (tertiary/aromatic N) is 2. The molecule has 1 N–H and O–H groups in total. The monoisotopic (exact) mass is 182 g/mol. The normalized spacial score (nSPS) is 20.5. The third kappa shape index (κ3) is 2.02. The van der Waals surface area contributed by atoms with E-state index in [2.05, 4.69) is 4.79 Å². The maximum atomic E-state index is 11.0. The minimum atomic E-state index is -1.18. The second-order valence-electron chi connectivity index (χ2n) is 3.60. The van der Waals surface area contributed by atoms with Gasteiger partial charge in [0.15, 0.2) is 5.60 Å². The predicted octanol–water partition coefficient (Wildman–Crippen LogP) is 0.941. The molecular weight excluding hydrogens is 168 g/mol. The average Bonchev–Trinajstić information content (AvgIpc) is 2.05. The molecule has 4 nitrogen and oxygen atoms in total. The quantitative estimate of drug-likeness (QED) is 0.392. The summed E-state index contributed by atoms with van der Waals surface area (Å²) in [6.07, 6.45) is 3.86. The molecule has 0 aromatic heterocycles. The number of hydrogen-bond acceptors (Lipinski definition) is 2. The van der Waals surface area contributed by atoms with Crippen LogP contribution < -0.4 is 0 Å². The van der Waals surface area contributed by atoms with E-state index >= 15 is 0 Å². The van der Waals surface area contributed by atoms with E-state index in [0.717, 1.165) is 19.3 Å². The molecule has 0 unspecified atom stereocenters. The Morgan fingerprint density at radius 2 is 1.92 bits per heavy atom. The molecule has 13 heavy (non-hydrogen) atoms. The second kappa shape index (κ2) is 3.81. The average molecular weight is 182 g/mol. The van der Waals surface area contributed by atoms with Crippen molar-refractivity contribution >= 4 is 11.5 Å². The molecule has 0 saturated heterocycles. The minimum Gasteiger partial charge on any atom is -0.377 e. The van der Waals surface area contributed by atoms with Crippen LogP contribution in [0.1, 0.15) is 39.0 Å². The molecule has 0 aromatic carbocycles. The first-order valence-corrected chi connectivity index (χ1v) is 4.56. The van der Waals surface area contributed by atoms with E-state index < -0.39 is 5.60 Å². The lowest BCUT2D eigenvalue weighted by molar-refractivity contribution is -0.119. The first-order chi connectivity index (χ1) is 6.10. The molecule has 1 aliphatic rings. The van der Waals surface area contributed by atoms with Gasteiger partial charge in [0.2, 0.25) is 5.78 Å². The van der Waals surface area contributed by atoms with E-state index in [4.69, 9.17) is 5.53 Å². The van der Waals surface area contributed by atoms with Crippen LogP contribution >= 0.6 is 0 Å².